The lowest BCUT2D eigenvalue weighted by molar-refractivity contribution is 0.0526. The Hall–Kier alpha value is -0.730. The molecule has 0 aromatic heterocycles. The molecule has 110 valence electrons. The van der Waals surface area contributed by atoms with Crippen LogP contribution < -0.4 is 5.73 Å². The molecule has 1 aliphatic heterocycles. The van der Waals surface area contributed by atoms with E-state index in [2.05, 4.69) is 44.5 Å². The van der Waals surface area contributed by atoms with E-state index in [1.54, 1.807) is 0 Å². The molecule has 2 rings (SSSR count). The Labute approximate surface area is 118 Å². The molecular formula is C16H31N3. The maximum atomic E-state index is 6.11. The number of nitrogens with two attached hydrogens (primary N) is 1. The van der Waals surface area contributed by atoms with E-state index in [0.717, 1.165) is 18.4 Å². The minimum atomic E-state index is 0.235. The molecule has 1 saturated carbocycles. The highest BCUT2D eigenvalue weighted by Gasteiger charge is 2.47. The minimum Gasteiger partial charge on any atom is -0.370 e. The fourth-order valence-corrected chi connectivity index (χ4v) is 4.06. The van der Waals surface area contributed by atoms with Gasteiger partial charge in [0.25, 0.3) is 0 Å². The molecule has 1 heterocycles. The highest BCUT2D eigenvalue weighted by Crippen LogP contribution is 2.46. The Morgan fingerprint density at radius 2 is 1.95 bits per heavy atom. The van der Waals surface area contributed by atoms with Crippen LogP contribution in [0.5, 0.6) is 0 Å². The van der Waals surface area contributed by atoms with Gasteiger partial charge < -0.3 is 10.6 Å². The van der Waals surface area contributed by atoms with Gasteiger partial charge in [-0.15, -0.1) is 0 Å². The number of guanidine groups is 1. The summed E-state index contributed by atoms with van der Waals surface area (Å²) in [5, 5.41) is 0. The molecule has 1 fully saturated rings. The van der Waals surface area contributed by atoms with E-state index in [-0.39, 0.29) is 5.54 Å². The molecule has 2 N–H and O–H groups in total. The molecule has 0 aromatic carbocycles. The third-order valence-electron chi connectivity index (χ3n) is 5.74. The molecule has 0 saturated heterocycles. The summed E-state index contributed by atoms with van der Waals surface area (Å²) in [5.74, 6) is 1.63. The third-order valence-corrected chi connectivity index (χ3v) is 5.74. The highest BCUT2D eigenvalue weighted by molar-refractivity contribution is 5.81. The molecule has 0 radical (unpaired) electrons. The lowest BCUT2D eigenvalue weighted by atomic mass is 9.65. The third kappa shape index (κ3) is 2.48. The predicted octanol–water partition coefficient (Wildman–Crippen LogP) is 3.39. The quantitative estimate of drug-likeness (QED) is 0.850. The Bertz CT molecular complexity index is 349. The van der Waals surface area contributed by atoms with Crippen LogP contribution in [-0.2, 0) is 0 Å². The fourth-order valence-electron chi connectivity index (χ4n) is 4.06. The van der Waals surface area contributed by atoms with Crippen molar-refractivity contribution in [3.8, 4) is 0 Å². The van der Waals surface area contributed by atoms with Gasteiger partial charge in [-0.2, -0.15) is 0 Å². The molecule has 0 atom stereocenters. The zero-order valence-electron chi connectivity index (χ0n) is 13.4. The number of aliphatic imine (C=N–C) groups is 1. The van der Waals surface area contributed by atoms with Crippen molar-refractivity contribution in [3.05, 3.63) is 0 Å². The van der Waals surface area contributed by atoms with E-state index in [1.807, 2.05) is 0 Å². The molecule has 1 aliphatic carbocycles. The van der Waals surface area contributed by atoms with Crippen LogP contribution in [0.15, 0.2) is 4.99 Å². The molecule has 3 heteroatoms. The molecular weight excluding hydrogens is 234 g/mol. The van der Waals surface area contributed by atoms with Crippen LogP contribution >= 0.6 is 0 Å². The van der Waals surface area contributed by atoms with Crippen LogP contribution in [0.4, 0.5) is 0 Å². The van der Waals surface area contributed by atoms with Gasteiger partial charge in [0.1, 0.15) is 0 Å². The van der Waals surface area contributed by atoms with Crippen LogP contribution in [0.3, 0.4) is 0 Å². The maximum absolute atomic E-state index is 6.11. The Balaban J connectivity index is 2.07. The van der Waals surface area contributed by atoms with Crippen molar-refractivity contribution >= 4 is 5.96 Å². The summed E-state index contributed by atoms with van der Waals surface area (Å²) >= 11 is 0. The van der Waals surface area contributed by atoms with E-state index in [0.29, 0.717) is 11.5 Å². The normalized spacial score (nSPS) is 32.2. The van der Waals surface area contributed by atoms with E-state index in [9.17, 15) is 0 Å². The SMILES string of the molecule is CCC(C)(C)C1CCC2(CC1)CN=C(N)N2C(C)C. The summed E-state index contributed by atoms with van der Waals surface area (Å²) in [6.07, 6.45) is 6.43. The lowest BCUT2D eigenvalue weighted by Gasteiger charge is -2.48. The molecule has 0 amide bonds. The maximum Gasteiger partial charge on any atom is 0.192 e. The first-order chi connectivity index (χ1) is 8.82. The average molecular weight is 265 g/mol. The van der Waals surface area contributed by atoms with Crippen LogP contribution in [0.1, 0.15) is 66.7 Å². The summed E-state index contributed by atoms with van der Waals surface area (Å²) in [6.45, 7) is 12.6. The topological polar surface area (TPSA) is 41.6 Å². The molecule has 2 aliphatic rings. The van der Waals surface area contributed by atoms with Gasteiger partial charge in [0, 0.05) is 6.04 Å². The Kier molecular flexibility index (Phi) is 3.85. The zero-order valence-corrected chi connectivity index (χ0v) is 13.4. The van der Waals surface area contributed by atoms with Crippen molar-refractivity contribution in [1.29, 1.82) is 0 Å². The first-order valence-electron chi connectivity index (χ1n) is 7.92. The van der Waals surface area contributed by atoms with E-state index < -0.39 is 0 Å². The molecule has 3 nitrogen and oxygen atoms in total. The standard InChI is InChI=1S/C16H31N3/c1-6-15(4,5)13-7-9-16(10-8-13)11-18-14(17)19(16)12(2)3/h12-13H,6-11H2,1-5H3,(H2,17,18). The first-order valence-corrected chi connectivity index (χ1v) is 7.92. The van der Waals surface area contributed by atoms with Gasteiger partial charge in [-0.05, 0) is 50.9 Å². The van der Waals surface area contributed by atoms with Crippen LogP contribution in [-0.4, -0.2) is 29.0 Å². The summed E-state index contributed by atoms with van der Waals surface area (Å²) in [6, 6.07) is 0.460. The molecule has 0 unspecified atom stereocenters. The van der Waals surface area contributed by atoms with E-state index in [4.69, 9.17) is 5.73 Å². The number of rotatable bonds is 3. The number of hydrogen-bond donors (Lipinski definition) is 1. The van der Waals surface area contributed by atoms with Gasteiger partial charge in [-0.1, -0.05) is 27.2 Å². The van der Waals surface area contributed by atoms with Crippen LogP contribution in [0, 0.1) is 11.3 Å². The van der Waals surface area contributed by atoms with Crippen molar-refractivity contribution in [2.75, 3.05) is 6.54 Å². The molecule has 0 bridgehead atoms. The first kappa shape index (κ1) is 14.7. The van der Waals surface area contributed by atoms with Gasteiger partial charge in [-0.3, -0.25) is 4.99 Å². The monoisotopic (exact) mass is 265 g/mol. The molecule has 19 heavy (non-hydrogen) atoms. The van der Waals surface area contributed by atoms with Crippen molar-refractivity contribution < 1.29 is 0 Å². The van der Waals surface area contributed by atoms with Gasteiger partial charge in [0.15, 0.2) is 5.96 Å². The Morgan fingerprint density at radius 3 is 2.42 bits per heavy atom. The summed E-state index contributed by atoms with van der Waals surface area (Å²) in [5.41, 5.74) is 6.82. The van der Waals surface area contributed by atoms with Gasteiger partial charge >= 0.3 is 0 Å². The minimum absolute atomic E-state index is 0.235. The smallest absolute Gasteiger partial charge is 0.192 e. The van der Waals surface area contributed by atoms with Gasteiger partial charge in [0.05, 0.1) is 12.1 Å². The van der Waals surface area contributed by atoms with Crippen molar-refractivity contribution in [2.45, 2.75) is 78.3 Å². The summed E-state index contributed by atoms with van der Waals surface area (Å²) < 4.78 is 0. The van der Waals surface area contributed by atoms with Crippen LogP contribution in [0.25, 0.3) is 0 Å². The van der Waals surface area contributed by atoms with Crippen molar-refractivity contribution in [2.24, 2.45) is 22.1 Å². The summed E-state index contributed by atoms with van der Waals surface area (Å²) in [7, 11) is 0. The average Bonchev–Trinajstić information content (AvgIpc) is 2.67. The van der Waals surface area contributed by atoms with Gasteiger partial charge in [0.2, 0.25) is 0 Å². The number of hydrogen-bond acceptors (Lipinski definition) is 3. The second-order valence-electron chi connectivity index (χ2n) is 7.48. The fraction of sp³-hybridized carbons (Fsp3) is 0.938. The Morgan fingerprint density at radius 1 is 1.37 bits per heavy atom. The van der Waals surface area contributed by atoms with E-state index in [1.165, 1.54) is 32.1 Å². The predicted molar refractivity (Wildman–Crippen MR) is 82.2 cm³/mol. The second kappa shape index (κ2) is 4.99. The molecule has 0 aromatic rings. The van der Waals surface area contributed by atoms with Crippen molar-refractivity contribution in [3.63, 3.8) is 0 Å². The highest BCUT2D eigenvalue weighted by atomic mass is 15.4. The van der Waals surface area contributed by atoms with Gasteiger partial charge in [-0.25, -0.2) is 0 Å². The largest absolute Gasteiger partial charge is 0.370 e. The lowest BCUT2D eigenvalue weighted by Crippen LogP contribution is -2.56. The van der Waals surface area contributed by atoms with E-state index >= 15 is 0 Å². The van der Waals surface area contributed by atoms with Crippen LogP contribution in [0.2, 0.25) is 0 Å². The summed E-state index contributed by atoms with van der Waals surface area (Å²) in [4.78, 5) is 6.93. The number of nitrogens with zero attached hydrogens (tertiary/aromatic N) is 2. The zero-order chi connectivity index (χ0) is 14.3. The molecule has 1 spiro atoms. The van der Waals surface area contributed by atoms with Crippen molar-refractivity contribution in [1.82, 2.24) is 4.90 Å². The second-order valence-corrected chi connectivity index (χ2v) is 7.48.